The van der Waals surface area contributed by atoms with E-state index < -0.39 is 0 Å². The summed E-state index contributed by atoms with van der Waals surface area (Å²) in [6, 6.07) is 32.7. The Hall–Kier alpha value is -5.02. The third-order valence-electron chi connectivity index (χ3n) is 8.12. The first kappa shape index (κ1) is 22.0. The molecule has 1 aliphatic carbocycles. The topological polar surface area (TPSA) is 47.4 Å². The van der Waals surface area contributed by atoms with Crippen molar-refractivity contribution in [2.75, 3.05) is 0 Å². The molecular weight excluding hydrogens is 474 g/mol. The van der Waals surface area contributed by atoms with Gasteiger partial charge in [-0.25, -0.2) is 0 Å². The summed E-state index contributed by atoms with van der Waals surface area (Å²) < 4.78 is 0. The highest BCUT2D eigenvalue weighted by Gasteiger charge is 2.23. The number of nitrogens with one attached hydrogen (secondary N) is 3. The van der Waals surface area contributed by atoms with Gasteiger partial charge < -0.3 is 15.0 Å². The second-order valence-corrected chi connectivity index (χ2v) is 10.4. The minimum absolute atomic E-state index is 0.323. The average Bonchev–Trinajstić information content (AvgIpc) is 3.75. The monoisotopic (exact) mass is 501 g/mol. The first-order chi connectivity index (χ1) is 19.3. The fourth-order valence-electron chi connectivity index (χ4n) is 6.33. The number of hydrogen-bond acceptors (Lipinski definition) is 0. The third-order valence-corrected chi connectivity index (χ3v) is 8.12. The summed E-state index contributed by atoms with van der Waals surface area (Å²) in [4.78, 5) is 11.0. The van der Waals surface area contributed by atoms with Gasteiger partial charge in [0.15, 0.2) is 0 Å². The maximum Gasteiger partial charge on any atom is 0.0549 e. The molecule has 3 heteroatoms. The molecule has 1 unspecified atom stereocenters. The van der Waals surface area contributed by atoms with Crippen molar-refractivity contribution in [2.24, 2.45) is 0 Å². The molecule has 3 aromatic heterocycles. The van der Waals surface area contributed by atoms with Gasteiger partial charge in [0.05, 0.1) is 16.7 Å². The van der Waals surface area contributed by atoms with Crippen LogP contribution in [0.5, 0.6) is 0 Å². The van der Waals surface area contributed by atoms with Gasteiger partial charge in [-0.15, -0.1) is 0 Å². The molecule has 8 rings (SSSR count). The van der Waals surface area contributed by atoms with Crippen LogP contribution in [0.3, 0.4) is 0 Å². The number of hydrogen-bond donors (Lipinski definition) is 3. The Morgan fingerprint density at radius 3 is 2.38 bits per heavy atom. The lowest BCUT2D eigenvalue weighted by Crippen LogP contribution is -1.99. The summed E-state index contributed by atoms with van der Waals surface area (Å²) in [5.74, 6) is 0.323. The highest BCUT2D eigenvalue weighted by molar-refractivity contribution is 6.14. The van der Waals surface area contributed by atoms with Gasteiger partial charge in [0.1, 0.15) is 0 Å². The van der Waals surface area contributed by atoms with Crippen LogP contribution >= 0.6 is 0 Å². The summed E-state index contributed by atoms with van der Waals surface area (Å²) in [7, 11) is 0. The average molecular weight is 502 g/mol. The van der Waals surface area contributed by atoms with Gasteiger partial charge >= 0.3 is 0 Å². The number of benzene rings is 4. The SMILES string of the molecule is C1=CCC(c2c3cc(-c4cccc(-c5[nH]cc6ccccc56)c4)[nH]c3c(-c3ccccc3)c3cc[nH]c23)C=C1. The molecule has 7 aromatic rings. The standard InChI is InChI=1S/C36H27N3/c1-3-10-23(11-4-1)32-29-18-19-37-35(29)33(24-12-5-2-6-13-24)30-21-31(39-36(30)32)25-15-9-16-26(20-25)34-28-17-8-7-14-27(28)22-38-34/h1-12,14-22,24,37-39H,13H2. The second kappa shape index (κ2) is 8.78. The highest BCUT2D eigenvalue weighted by atomic mass is 14.7. The van der Waals surface area contributed by atoms with Gasteiger partial charge in [-0.05, 0) is 52.3 Å². The number of aromatic nitrogens is 3. The van der Waals surface area contributed by atoms with Gasteiger partial charge in [0.25, 0.3) is 0 Å². The molecule has 3 heterocycles. The number of H-pyrrole nitrogens is 3. The first-order valence-electron chi connectivity index (χ1n) is 13.6. The number of aromatic amines is 3. The van der Waals surface area contributed by atoms with E-state index in [9.17, 15) is 0 Å². The molecule has 0 radical (unpaired) electrons. The van der Waals surface area contributed by atoms with E-state index in [4.69, 9.17) is 0 Å². The quantitative estimate of drug-likeness (QED) is 0.215. The minimum atomic E-state index is 0.323. The predicted octanol–water partition coefficient (Wildman–Crippen LogP) is 9.73. The zero-order valence-electron chi connectivity index (χ0n) is 21.4. The van der Waals surface area contributed by atoms with Gasteiger partial charge in [-0.2, -0.15) is 0 Å². The van der Waals surface area contributed by atoms with Crippen molar-refractivity contribution in [3.8, 4) is 33.6 Å². The molecule has 3 nitrogen and oxygen atoms in total. The lowest BCUT2D eigenvalue weighted by molar-refractivity contribution is 0.867. The lowest BCUT2D eigenvalue weighted by Gasteiger charge is -2.18. The molecule has 0 spiro atoms. The molecule has 186 valence electrons. The molecule has 39 heavy (non-hydrogen) atoms. The summed E-state index contributed by atoms with van der Waals surface area (Å²) in [5, 5.41) is 5.00. The van der Waals surface area contributed by atoms with Gasteiger partial charge in [0.2, 0.25) is 0 Å². The largest absolute Gasteiger partial charge is 0.361 e. The maximum absolute atomic E-state index is 3.88. The first-order valence-corrected chi connectivity index (χ1v) is 13.6. The molecule has 0 saturated carbocycles. The Balaban J connectivity index is 1.38. The molecular formula is C36H27N3. The minimum Gasteiger partial charge on any atom is -0.361 e. The molecule has 4 aromatic carbocycles. The summed E-state index contributed by atoms with van der Waals surface area (Å²) >= 11 is 0. The van der Waals surface area contributed by atoms with Crippen LogP contribution in [0.25, 0.3) is 66.2 Å². The van der Waals surface area contributed by atoms with Gasteiger partial charge in [-0.1, -0.05) is 97.1 Å². The van der Waals surface area contributed by atoms with Crippen molar-refractivity contribution in [3.63, 3.8) is 0 Å². The number of fused-ring (bicyclic) bond motifs is 3. The maximum atomic E-state index is 3.88. The van der Waals surface area contributed by atoms with Crippen molar-refractivity contribution < 1.29 is 0 Å². The van der Waals surface area contributed by atoms with E-state index in [1.54, 1.807) is 0 Å². The predicted molar refractivity (Wildman–Crippen MR) is 164 cm³/mol. The highest BCUT2D eigenvalue weighted by Crippen LogP contribution is 2.44. The second-order valence-electron chi connectivity index (χ2n) is 10.4. The van der Waals surface area contributed by atoms with Crippen LogP contribution in [0.4, 0.5) is 0 Å². The zero-order chi connectivity index (χ0) is 25.8. The van der Waals surface area contributed by atoms with E-state index in [2.05, 4.69) is 143 Å². The van der Waals surface area contributed by atoms with Crippen LogP contribution in [0.1, 0.15) is 17.9 Å². The van der Waals surface area contributed by atoms with Crippen LogP contribution in [0.15, 0.2) is 128 Å². The van der Waals surface area contributed by atoms with Crippen molar-refractivity contribution in [1.82, 2.24) is 15.0 Å². The summed E-state index contributed by atoms with van der Waals surface area (Å²) in [5.41, 5.74) is 10.9. The van der Waals surface area contributed by atoms with E-state index >= 15 is 0 Å². The van der Waals surface area contributed by atoms with Gasteiger partial charge in [0, 0.05) is 45.7 Å². The summed E-state index contributed by atoms with van der Waals surface area (Å²) in [6.45, 7) is 0. The molecule has 0 bridgehead atoms. The van der Waals surface area contributed by atoms with Crippen LogP contribution in [0, 0.1) is 0 Å². The van der Waals surface area contributed by atoms with Crippen LogP contribution in [0.2, 0.25) is 0 Å². The van der Waals surface area contributed by atoms with Crippen LogP contribution < -0.4 is 0 Å². The normalized spacial score (nSPS) is 15.1. The zero-order valence-corrected chi connectivity index (χ0v) is 21.4. The van der Waals surface area contributed by atoms with E-state index in [1.165, 1.54) is 60.4 Å². The molecule has 0 aliphatic heterocycles. The van der Waals surface area contributed by atoms with Gasteiger partial charge in [-0.3, -0.25) is 0 Å². The lowest BCUT2D eigenvalue weighted by atomic mass is 9.86. The van der Waals surface area contributed by atoms with Crippen molar-refractivity contribution in [1.29, 1.82) is 0 Å². The molecule has 1 atom stereocenters. The molecule has 3 N–H and O–H groups in total. The Kier molecular flexibility index (Phi) is 4.95. The molecule has 0 saturated heterocycles. The molecule has 0 fully saturated rings. The van der Waals surface area contributed by atoms with E-state index in [0.717, 1.165) is 17.8 Å². The summed E-state index contributed by atoms with van der Waals surface area (Å²) in [6.07, 6.45) is 14.1. The van der Waals surface area contributed by atoms with E-state index in [-0.39, 0.29) is 0 Å². The van der Waals surface area contributed by atoms with E-state index in [1.807, 2.05) is 0 Å². The Bertz CT molecular complexity index is 2050. The number of allylic oxidation sites excluding steroid dienone is 4. The Morgan fingerprint density at radius 2 is 1.49 bits per heavy atom. The fraction of sp³-hybridized carbons (Fsp3) is 0.0556. The van der Waals surface area contributed by atoms with Crippen LogP contribution in [-0.4, -0.2) is 15.0 Å². The van der Waals surface area contributed by atoms with Crippen molar-refractivity contribution in [2.45, 2.75) is 12.3 Å². The Morgan fingerprint density at radius 1 is 0.641 bits per heavy atom. The number of rotatable bonds is 4. The smallest absolute Gasteiger partial charge is 0.0549 e. The molecule has 1 aliphatic rings. The van der Waals surface area contributed by atoms with Crippen LogP contribution in [-0.2, 0) is 0 Å². The Labute approximate surface area is 226 Å². The van der Waals surface area contributed by atoms with E-state index in [0.29, 0.717) is 5.92 Å². The van der Waals surface area contributed by atoms with Crippen molar-refractivity contribution >= 4 is 32.6 Å². The fourth-order valence-corrected chi connectivity index (χ4v) is 6.33. The van der Waals surface area contributed by atoms with Crippen molar-refractivity contribution in [3.05, 3.63) is 133 Å². The molecule has 0 amide bonds. The third kappa shape index (κ3) is 3.51.